The van der Waals surface area contributed by atoms with Gasteiger partial charge in [-0.3, -0.25) is 10.1 Å². The summed E-state index contributed by atoms with van der Waals surface area (Å²) in [5, 5.41) is 12.6. The largest absolute Gasteiger partial charge is 0.497 e. The Balaban J connectivity index is 1.49. The molecule has 1 saturated heterocycles. The van der Waals surface area contributed by atoms with Crippen LogP contribution in [0.1, 0.15) is 38.5 Å². The number of nitriles is 1. The summed E-state index contributed by atoms with van der Waals surface area (Å²) < 4.78 is 5.24. The molecule has 4 rings (SSSR count). The Bertz CT molecular complexity index is 797. The zero-order valence-corrected chi connectivity index (χ0v) is 17.1. The van der Waals surface area contributed by atoms with Crippen molar-refractivity contribution in [3.8, 4) is 11.8 Å². The van der Waals surface area contributed by atoms with Gasteiger partial charge in [0, 0.05) is 31.9 Å². The minimum atomic E-state index is -0.676. The zero-order valence-electron chi connectivity index (χ0n) is 17.1. The first-order valence-electron chi connectivity index (χ1n) is 10.6. The molecule has 1 spiro atoms. The zero-order chi connectivity index (χ0) is 20.3. The molecule has 3 aliphatic rings. The molecule has 2 aliphatic heterocycles. The number of amides is 1. The molecule has 1 saturated carbocycles. The van der Waals surface area contributed by atoms with Crippen LogP contribution in [0.4, 0.5) is 5.69 Å². The van der Waals surface area contributed by atoms with Gasteiger partial charge in [-0.1, -0.05) is 25.7 Å². The number of anilines is 1. The molecule has 1 atom stereocenters. The van der Waals surface area contributed by atoms with Gasteiger partial charge in [-0.25, -0.2) is 4.99 Å². The van der Waals surface area contributed by atoms with Gasteiger partial charge in [0.15, 0.2) is 5.92 Å². The van der Waals surface area contributed by atoms with E-state index in [0.29, 0.717) is 5.96 Å². The highest BCUT2D eigenvalue weighted by molar-refractivity contribution is 6.02. The van der Waals surface area contributed by atoms with Gasteiger partial charge < -0.3 is 14.5 Å². The Morgan fingerprint density at radius 3 is 2.28 bits per heavy atom. The lowest BCUT2D eigenvalue weighted by Crippen LogP contribution is -2.60. The van der Waals surface area contributed by atoms with Gasteiger partial charge in [0.2, 0.25) is 11.9 Å². The maximum absolute atomic E-state index is 12.7. The summed E-state index contributed by atoms with van der Waals surface area (Å²) in [6.07, 6.45) is 6.04. The van der Waals surface area contributed by atoms with E-state index in [0.717, 1.165) is 70.5 Å². The number of piperazine rings is 1. The first-order valence-corrected chi connectivity index (χ1v) is 10.6. The molecule has 154 valence electrons. The van der Waals surface area contributed by atoms with Crippen LogP contribution in [0, 0.1) is 17.2 Å². The third kappa shape index (κ3) is 3.89. The van der Waals surface area contributed by atoms with Crippen molar-refractivity contribution in [3.63, 3.8) is 0 Å². The predicted octanol–water partition coefficient (Wildman–Crippen LogP) is 2.54. The summed E-state index contributed by atoms with van der Waals surface area (Å²) in [5.74, 6) is 0.659. The first-order chi connectivity index (χ1) is 14.1. The van der Waals surface area contributed by atoms with Crippen molar-refractivity contribution >= 4 is 17.6 Å². The van der Waals surface area contributed by atoms with E-state index in [1.54, 1.807) is 7.11 Å². The van der Waals surface area contributed by atoms with Crippen molar-refractivity contribution in [2.75, 3.05) is 38.2 Å². The summed E-state index contributed by atoms with van der Waals surface area (Å²) in [4.78, 5) is 22.3. The Kier molecular flexibility index (Phi) is 5.61. The number of nitrogens with one attached hydrogen (secondary N) is 1. The Morgan fingerprint density at radius 2 is 1.69 bits per heavy atom. The topological polar surface area (TPSA) is 81.0 Å². The van der Waals surface area contributed by atoms with Crippen LogP contribution in [0.5, 0.6) is 5.75 Å². The highest BCUT2D eigenvalue weighted by atomic mass is 16.5. The van der Waals surface area contributed by atoms with Crippen molar-refractivity contribution in [1.29, 1.82) is 5.26 Å². The van der Waals surface area contributed by atoms with Gasteiger partial charge >= 0.3 is 0 Å². The first kappa shape index (κ1) is 19.6. The van der Waals surface area contributed by atoms with Crippen LogP contribution < -0.4 is 15.0 Å². The number of hydrogen-bond acceptors (Lipinski definition) is 6. The van der Waals surface area contributed by atoms with E-state index in [9.17, 15) is 10.1 Å². The lowest BCUT2D eigenvalue weighted by Gasteiger charge is -2.42. The number of benzene rings is 1. The lowest BCUT2D eigenvalue weighted by atomic mass is 9.77. The second-order valence-corrected chi connectivity index (χ2v) is 8.18. The van der Waals surface area contributed by atoms with E-state index in [4.69, 9.17) is 9.73 Å². The highest BCUT2D eigenvalue weighted by Gasteiger charge is 2.47. The molecule has 29 heavy (non-hydrogen) atoms. The Morgan fingerprint density at radius 1 is 1.07 bits per heavy atom. The normalized spacial score (nSPS) is 24.3. The number of rotatable bonds is 2. The van der Waals surface area contributed by atoms with Gasteiger partial charge in [0.1, 0.15) is 5.75 Å². The molecule has 1 amide bonds. The molecule has 2 heterocycles. The fraction of sp³-hybridized carbons (Fsp3) is 0.591. The fourth-order valence-corrected chi connectivity index (χ4v) is 4.77. The van der Waals surface area contributed by atoms with E-state index in [1.165, 1.54) is 5.69 Å². The maximum atomic E-state index is 12.7. The van der Waals surface area contributed by atoms with E-state index in [1.807, 2.05) is 12.1 Å². The molecule has 0 radical (unpaired) electrons. The van der Waals surface area contributed by atoms with Crippen LogP contribution in [-0.4, -0.2) is 55.6 Å². The van der Waals surface area contributed by atoms with Crippen molar-refractivity contribution in [1.82, 2.24) is 10.2 Å². The Labute approximate surface area is 172 Å². The molecule has 2 fully saturated rings. The minimum absolute atomic E-state index is 0.183. The van der Waals surface area contributed by atoms with Crippen LogP contribution in [-0.2, 0) is 4.79 Å². The van der Waals surface area contributed by atoms with Crippen molar-refractivity contribution in [2.24, 2.45) is 10.9 Å². The molecule has 0 unspecified atom stereocenters. The number of nitrogens with zero attached hydrogens (tertiary/aromatic N) is 4. The third-order valence-electron chi connectivity index (χ3n) is 6.48. The summed E-state index contributed by atoms with van der Waals surface area (Å²) in [7, 11) is 1.67. The van der Waals surface area contributed by atoms with E-state index >= 15 is 0 Å². The number of aliphatic imine (C=N–C) groups is 1. The predicted molar refractivity (Wildman–Crippen MR) is 112 cm³/mol. The van der Waals surface area contributed by atoms with Gasteiger partial charge in [-0.05, 0) is 37.1 Å². The molecular formula is C22H29N5O2. The number of guanidine groups is 1. The Hall–Kier alpha value is -2.75. The van der Waals surface area contributed by atoms with Gasteiger partial charge in [-0.15, -0.1) is 0 Å². The molecule has 0 bridgehead atoms. The van der Waals surface area contributed by atoms with Crippen molar-refractivity contribution < 1.29 is 9.53 Å². The van der Waals surface area contributed by atoms with Crippen LogP contribution in [0.25, 0.3) is 0 Å². The smallest absolute Gasteiger partial charge is 0.246 e. The van der Waals surface area contributed by atoms with E-state index < -0.39 is 11.5 Å². The number of carbonyl (C=O) groups excluding carboxylic acids is 1. The maximum Gasteiger partial charge on any atom is 0.246 e. The molecule has 1 aliphatic carbocycles. The van der Waals surface area contributed by atoms with Gasteiger partial charge in [0.25, 0.3) is 0 Å². The number of methoxy groups -OCH3 is 1. The van der Waals surface area contributed by atoms with Crippen molar-refractivity contribution in [2.45, 2.75) is 44.1 Å². The number of ether oxygens (including phenoxy) is 1. The van der Waals surface area contributed by atoms with Crippen LogP contribution in [0.2, 0.25) is 0 Å². The number of carbonyl (C=O) groups is 1. The summed E-state index contributed by atoms with van der Waals surface area (Å²) in [5.41, 5.74) is 0.626. The molecule has 0 aromatic heterocycles. The second-order valence-electron chi connectivity index (χ2n) is 8.18. The highest BCUT2D eigenvalue weighted by Crippen LogP contribution is 2.39. The van der Waals surface area contributed by atoms with Crippen LogP contribution in [0.15, 0.2) is 29.3 Å². The summed E-state index contributed by atoms with van der Waals surface area (Å²) in [6, 6.07) is 10.4. The molecule has 7 nitrogen and oxygen atoms in total. The lowest BCUT2D eigenvalue weighted by molar-refractivity contribution is -0.124. The minimum Gasteiger partial charge on any atom is -0.497 e. The van der Waals surface area contributed by atoms with Gasteiger partial charge in [-0.2, -0.15) is 5.26 Å². The molecule has 7 heteroatoms. The summed E-state index contributed by atoms with van der Waals surface area (Å²) in [6.45, 7) is 3.29. The molecule has 1 aromatic rings. The average Bonchev–Trinajstić information content (AvgIpc) is 2.99. The molecule has 1 aromatic carbocycles. The second kappa shape index (κ2) is 8.32. The number of hydrogen-bond donors (Lipinski definition) is 1. The SMILES string of the molecule is COc1ccc(N2CCN(C3=NC4(CCCCCC4)[C@H](C#N)C(=O)N3)CC2)cc1. The standard InChI is InChI=1S/C22H29N5O2/c1-29-18-8-6-17(7-9-18)26-12-14-27(15-13-26)21-24-20(28)19(16-23)22(25-21)10-4-2-3-5-11-22/h6-9,19H,2-5,10-15H2,1H3,(H,24,25,28)/t19-/m1/s1. The van der Waals surface area contributed by atoms with Crippen LogP contribution >= 0.6 is 0 Å². The fourth-order valence-electron chi connectivity index (χ4n) is 4.77. The quantitative estimate of drug-likeness (QED) is 0.832. The monoisotopic (exact) mass is 395 g/mol. The van der Waals surface area contributed by atoms with Crippen molar-refractivity contribution in [3.05, 3.63) is 24.3 Å². The van der Waals surface area contributed by atoms with Crippen LogP contribution in [0.3, 0.4) is 0 Å². The summed E-state index contributed by atoms with van der Waals surface area (Å²) >= 11 is 0. The third-order valence-corrected chi connectivity index (χ3v) is 6.48. The molecular weight excluding hydrogens is 366 g/mol. The van der Waals surface area contributed by atoms with E-state index in [2.05, 4.69) is 33.3 Å². The average molecular weight is 396 g/mol. The van der Waals surface area contributed by atoms with E-state index in [-0.39, 0.29) is 5.91 Å². The molecule has 1 N–H and O–H groups in total. The van der Waals surface area contributed by atoms with Gasteiger partial charge in [0.05, 0.1) is 18.7 Å².